The van der Waals surface area contributed by atoms with Crippen LogP contribution in [0, 0.1) is 0 Å². The summed E-state index contributed by atoms with van der Waals surface area (Å²) < 4.78 is 5.72. The maximum atomic E-state index is 12.4. The molecule has 2 N–H and O–H groups in total. The quantitative estimate of drug-likeness (QED) is 0.868. The second-order valence-corrected chi connectivity index (χ2v) is 7.24. The predicted molar refractivity (Wildman–Crippen MR) is 90.1 cm³/mol. The van der Waals surface area contributed by atoms with Crippen LogP contribution in [0.25, 0.3) is 0 Å². The molecule has 1 amide bonds. The third-order valence-electron chi connectivity index (χ3n) is 3.96. The van der Waals surface area contributed by atoms with E-state index >= 15 is 0 Å². The molecule has 0 saturated heterocycles. The monoisotopic (exact) mass is 346 g/mol. The molecule has 126 valence electrons. The number of thiazole rings is 1. The van der Waals surface area contributed by atoms with E-state index in [-0.39, 0.29) is 17.0 Å². The third kappa shape index (κ3) is 3.12. The zero-order valence-corrected chi connectivity index (χ0v) is 14.3. The van der Waals surface area contributed by atoms with Crippen LogP contribution in [0.1, 0.15) is 45.3 Å². The Hall–Kier alpha value is -2.41. The Kier molecular flexibility index (Phi) is 4.28. The average molecular weight is 346 g/mol. The highest BCUT2D eigenvalue weighted by atomic mass is 32.1. The summed E-state index contributed by atoms with van der Waals surface area (Å²) in [5.41, 5.74) is 1.52. The average Bonchev–Trinajstić information content (AvgIpc) is 3.12. The van der Waals surface area contributed by atoms with Gasteiger partial charge >= 0.3 is 5.97 Å². The van der Waals surface area contributed by atoms with E-state index in [9.17, 15) is 9.59 Å². The number of benzene rings is 1. The van der Waals surface area contributed by atoms with Crippen LogP contribution >= 0.6 is 11.3 Å². The molecule has 0 bridgehead atoms. The van der Waals surface area contributed by atoms with Crippen molar-refractivity contribution in [2.24, 2.45) is 0 Å². The fourth-order valence-corrected chi connectivity index (χ4v) is 3.41. The fourth-order valence-electron chi connectivity index (χ4n) is 2.64. The second-order valence-electron chi connectivity index (χ2n) is 6.29. The highest BCUT2D eigenvalue weighted by Gasteiger charge is 2.34. The maximum absolute atomic E-state index is 12.4. The lowest BCUT2D eigenvalue weighted by Crippen LogP contribution is -2.26. The van der Waals surface area contributed by atoms with Crippen molar-refractivity contribution in [2.75, 3.05) is 13.2 Å². The molecule has 0 atom stereocenters. The minimum atomic E-state index is -1.04. The summed E-state index contributed by atoms with van der Waals surface area (Å²) in [5, 5.41) is 13.9. The lowest BCUT2D eigenvalue weighted by Gasteiger charge is -2.15. The normalized spacial score (nSPS) is 14.8. The van der Waals surface area contributed by atoms with E-state index in [2.05, 4.69) is 24.1 Å². The molecule has 0 unspecified atom stereocenters. The molecule has 24 heavy (non-hydrogen) atoms. The topological polar surface area (TPSA) is 88.5 Å². The molecule has 7 heteroatoms. The predicted octanol–water partition coefficient (Wildman–Crippen LogP) is 2.48. The first-order valence-corrected chi connectivity index (χ1v) is 8.48. The van der Waals surface area contributed by atoms with E-state index in [1.54, 1.807) is 6.07 Å². The minimum absolute atomic E-state index is 0.0397. The number of nitrogens with one attached hydrogen (secondary N) is 1. The van der Waals surface area contributed by atoms with Gasteiger partial charge in [0, 0.05) is 29.3 Å². The molecule has 0 spiro atoms. The van der Waals surface area contributed by atoms with Crippen LogP contribution in [0.3, 0.4) is 0 Å². The van der Waals surface area contributed by atoms with Crippen molar-refractivity contribution in [1.82, 2.24) is 10.3 Å². The van der Waals surface area contributed by atoms with Crippen LogP contribution in [0.15, 0.2) is 23.6 Å². The van der Waals surface area contributed by atoms with E-state index in [4.69, 9.17) is 9.84 Å². The number of para-hydroxylation sites is 1. The van der Waals surface area contributed by atoms with E-state index in [0.29, 0.717) is 35.9 Å². The highest BCUT2D eigenvalue weighted by molar-refractivity contribution is 7.09. The Balaban J connectivity index is 1.64. The Labute approximate surface area is 143 Å². The number of carbonyl (C=O) groups is 2. The van der Waals surface area contributed by atoms with E-state index in [1.807, 2.05) is 12.1 Å². The van der Waals surface area contributed by atoms with Gasteiger partial charge in [0.1, 0.15) is 5.75 Å². The van der Waals surface area contributed by atoms with Crippen molar-refractivity contribution in [3.63, 3.8) is 0 Å². The van der Waals surface area contributed by atoms with Crippen LogP contribution < -0.4 is 10.1 Å². The first kappa shape index (κ1) is 16.4. The van der Waals surface area contributed by atoms with Crippen LogP contribution in [-0.2, 0) is 11.8 Å². The summed E-state index contributed by atoms with van der Waals surface area (Å²) in [4.78, 5) is 27.2. The molecule has 1 aliphatic heterocycles. The molecule has 0 radical (unpaired) electrons. The minimum Gasteiger partial charge on any atom is -0.492 e. The van der Waals surface area contributed by atoms with Crippen LogP contribution in [0.4, 0.5) is 0 Å². The van der Waals surface area contributed by atoms with E-state index < -0.39 is 5.97 Å². The van der Waals surface area contributed by atoms with Crippen molar-refractivity contribution in [1.29, 1.82) is 0 Å². The second kappa shape index (κ2) is 6.24. The van der Waals surface area contributed by atoms with Crippen LogP contribution in [0.2, 0.25) is 0 Å². The fraction of sp³-hybridized carbons (Fsp3) is 0.353. The number of amides is 1. The van der Waals surface area contributed by atoms with Gasteiger partial charge in [-0.1, -0.05) is 26.0 Å². The molecule has 1 aromatic heterocycles. The van der Waals surface area contributed by atoms with Gasteiger partial charge in [0.05, 0.1) is 17.2 Å². The number of aromatic carboxylic acids is 1. The molecule has 3 rings (SSSR count). The zero-order valence-electron chi connectivity index (χ0n) is 13.5. The molecule has 6 nitrogen and oxygen atoms in total. The number of ether oxygens (including phenoxy) is 1. The zero-order chi connectivity index (χ0) is 17.3. The Bertz CT molecular complexity index is 798. The molecular weight excluding hydrogens is 328 g/mol. The van der Waals surface area contributed by atoms with Gasteiger partial charge in [0.2, 0.25) is 0 Å². The van der Waals surface area contributed by atoms with Gasteiger partial charge in [0.15, 0.2) is 5.69 Å². The van der Waals surface area contributed by atoms with Gasteiger partial charge in [-0.15, -0.1) is 11.3 Å². The smallest absolute Gasteiger partial charge is 0.355 e. The number of fused-ring (bicyclic) bond motifs is 1. The number of rotatable bonds is 5. The van der Waals surface area contributed by atoms with Crippen LogP contribution in [0.5, 0.6) is 5.75 Å². The number of hydrogen-bond acceptors (Lipinski definition) is 5. The van der Waals surface area contributed by atoms with Gasteiger partial charge in [0.25, 0.3) is 5.91 Å². The summed E-state index contributed by atoms with van der Waals surface area (Å²) in [6, 6.07) is 5.60. The Morgan fingerprint density at radius 2 is 2.21 bits per heavy atom. The van der Waals surface area contributed by atoms with Gasteiger partial charge in [-0.05, 0) is 6.07 Å². The van der Waals surface area contributed by atoms with Gasteiger partial charge in [-0.3, -0.25) is 4.79 Å². The number of carboxylic acids is 1. The van der Waals surface area contributed by atoms with E-state index in [1.165, 1.54) is 16.7 Å². The standard InChI is InChI=1S/C17H18N2O4S/c1-17(2)9-23-14-10(4-3-5-11(14)17)15(20)18-7-6-13-19-12(8-24-13)16(21)22/h3-5,8H,6-7,9H2,1-2H3,(H,18,20)(H,21,22). The van der Waals surface area contributed by atoms with Gasteiger partial charge < -0.3 is 15.2 Å². The molecule has 2 heterocycles. The molecular formula is C17H18N2O4S. The van der Waals surface area contributed by atoms with Crippen molar-refractivity contribution < 1.29 is 19.4 Å². The largest absolute Gasteiger partial charge is 0.492 e. The SMILES string of the molecule is CC1(C)COc2c(C(=O)NCCc3nc(C(=O)O)cs3)cccc21. The maximum Gasteiger partial charge on any atom is 0.355 e. The number of nitrogens with zero attached hydrogens (tertiary/aromatic N) is 1. The molecule has 1 aromatic carbocycles. The van der Waals surface area contributed by atoms with Crippen molar-refractivity contribution in [3.8, 4) is 5.75 Å². The Morgan fingerprint density at radius 3 is 2.92 bits per heavy atom. The molecule has 1 aliphatic rings. The molecule has 2 aromatic rings. The summed E-state index contributed by atoms with van der Waals surface area (Å²) in [6.45, 7) is 5.12. The third-order valence-corrected chi connectivity index (χ3v) is 4.87. The lowest BCUT2D eigenvalue weighted by molar-refractivity contribution is 0.0690. The lowest BCUT2D eigenvalue weighted by atomic mass is 9.86. The molecule has 0 aliphatic carbocycles. The first-order valence-electron chi connectivity index (χ1n) is 7.61. The molecule has 0 fully saturated rings. The molecule has 0 saturated carbocycles. The van der Waals surface area contributed by atoms with E-state index in [0.717, 1.165) is 5.56 Å². The summed E-state index contributed by atoms with van der Waals surface area (Å²) >= 11 is 1.28. The summed E-state index contributed by atoms with van der Waals surface area (Å²) in [6.07, 6.45) is 0.491. The van der Waals surface area contributed by atoms with Crippen molar-refractivity contribution in [3.05, 3.63) is 45.4 Å². The van der Waals surface area contributed by atoms with Gasteiger partial charge in [-0.2, -0.15) is 0 Å². The summed E-state index contributed by atoms with van der Waals surface area (Å²) in [7, 11) is 0. The highest BCUT2D eigenvalue weighted by Crippen LogP contribution is 2.40. The van der Waals surface area contributed by atoms with Crippen molar-refractivity contribution in [2.45, 2.75) is 25.7 Å². The Morgan fingerprint density at radius 1 is 1.42 bits per heavy atom. The summed E-state index contributed by atoms with van der Waals surface area (Å²) in [5.74, 6) is -0.580. The van der Waals surface area contributed by atoms with Crippen molar-refractivity contribution >= 4 is 23.2 Å². The number of aromatic nitrogens is 1. The number of carbonyl (C=O) groups excluding carboxylic acids is 1. The first-order chi connectivity index (χ1) is 11.4. The van der Waals surface area contributed by atoms with Crippen LogP contribution in [-0.4, -0.2) is 35.1 Å². The number of hydrogen-bond donors (Lipinski definition) is 2. The van der Waals surface area contributed by atoms with Gasteiger partial charge in [-0.25, -0.2) is 9.78 Å². The number of carboxylic acid groups (broad SMARTS) is 1.